The second kappa shape index (κ2) is 7.00. The molecular weight excluding hydrogens is 310 g/mol. The van der Waals surface area contributed by atoms with Gasteiger partial charge in [-0.25, -0.2) is 0 Å². The molecular formula is C17H19N3O2S. The standard InChI is InChI=1S/C17H19N3O2S/c1-4-16-18-19-17(21-16)12(3)23-10-14-9-15(20-22-14)13-7-5-11(2)6-8-13/h5-9,12H,4,10H2,1-3H3/t12-/m1/s1. The zero-order valence-corrected chi connectivity index (χ0v) is 14.3. The average molecular weight is 329 g/mol. The number of aromatic nitrogens is 3. The van der Waals surface area contributed by atoms with Crippen LogP contribution in [0.5, 0.6) is 0 Å². The summed E-state index contributed by atoms with van der Waals surface area (Å²) in [6, 6.07) is 10.2. The van der Waals surface area contributed by atoms with E-state index in [0.717, 1.165) is 23.4 Å². The van der Waals surface area contributed by atoms with E-state index in [4.69, 9.17) is 8.94 Å². The average Bonchev–Trinajstić information content (AvgIpc) is 3.22. The van der Waals surface area contributed by atoms with Crippen LogP contribution in [0.1, 0.15) is 42.2 Å². The van der Waals surface area contributed by atoms with Crippen LogP contribution in [0, 0.1) is 6.92 Å². The first kappa shape index (κ1) is 15.8. The molecule has 0 saturated carbocycles. The molecule has 0 bridgehead atoms. The highest BCUT2D eigenvalue weighted by molar-refractivity contribution is 7.98. The van der Waals surface area contributed by atoms with Gasteiger partial charge in [-0.15, -0.1) is 22.0 Å². The van der Waals surface area contributed by atoms with E-state index in [0.29, 0.717) is 17.5 Å². The minimum atomic E-state index is 0.121. The molecule has 0 radical (unpaired) electrons. The Hall–Kier alpha value is -2.08. The van der Waals surface area contributed by atoms with E-state index in [1.54, 1.807) is 11.8 Å². The van der Waals surface area contributed by atoms with Gasteiger partial charge in [0.15, 0.2) is 0 Å². The molecule has 3 rings (SSSR count). The summed E-state index contributed by atoms with van der Waals surface area (Å²) in [5.41, 5.74) is 3.15. The van der Waals surface area contributed by atoms with Crippen LogP contribution < -0.4 is 0 Å². The van der Waals surface area contributed by atoms with Crippen LogP contribution in [0.4, 0.5) is 0 Å². The summed E-state index contributed by atoms with van der Waals surface area (Å²) in [5.74, 6) is 2.88. The van der Waals surface area contributed by atoms with E-state index in [-0.39, 0.29) is 5.25 Å². The largest absolute Gasteiger partial charge is 0.424 e. The molecule has 0 aliphatic rings. The first-order valence-corrected chi connectivity index (χ1v) is 8.67. The molecule has 0 unspecified atom stereocenters. The third kappa shape index (κ3) is 3.82. The lowest BCUT2D eigenvalue weighted by atomic mass is 10.1. The summed E-state index contributed by atoms with van der Waals surface area (Å²) in [6.45, 7) is 6.11. The molecule has 6 heteroatoms. The fourth-order valence-electron chi connectivity index (χ4n) is 2.09. The first-order chi connectivity index (χ1) is 11.2. The van der Waals surface area contributed by atoms with Crippen molar-refractivity contribution in [1.29, 1.82) is 0 Å². The highest BCUT2D eigenvalue weighted by Gasteiger charge is 2.15. The van der Waals surface area contributed by atoms with Crippen molar-refractivity contribution in [2.24, 2.45) is 0 Å². The number of hydrogen-bond acceptors (Lipinski definition) is 6. The molecule has 0 fully saturated rings. The van der Waals surface area contributed by atoms with Gasteiger partial charge in [0.1, 0.15) is 11.5 Å². The molecule has 1 atom stereocenters. The van der Waals surface area contributed by atoms with Gasteiger partial charge in [-0.05, 0) is 13.8 Å². The molecule has 2 heterocycles. The van der Waals surface area contributed by atoms with Gasteiger partial charge in [0.05, 0.1) is 11.0 Å². The number of aryl methyl sites for hydroxylation is 2. The lowest BCUT2D eigenvalue weighted by Crippen LogP contribution is -1.89. The normalized spacial score (nSPS) is 12.5. The number of rotatable bonds is 6. The van der Waals surface area contributed by atoms with E-state index < -0.39 is 0 Å². The Balaban J connectivity index is 1.61. The van der Waals surface area contributed by atoms with Crippen LogP contribution in [0.25, 0.3) is 11.3 Å². The van der Waals surface area contributed by atoms with Gasteiger partial charge >= 0.3 is 0 Å². The Bertz CT molecular complexity index is 764. The maximum absolute atomic E-state index is 5.58. The van der Waals surface area contributed by atoms with Gasteiger partial charge in [-0.1, -0.05) is 41.9 Å². The monoisotopic (exact) mass is 329 g/mol. The maximum atomic E-state index is 5.58. The van der Waals surface area contributed by atoms with Gasteiger partial charge < -0.3 is 8.94 Å². The summed E-state index contributed by atoms with van der Waals surface area (Å²) < 4.78 is 11.0. The lowest BCUT2D eigenvalue weighted by Gasteiger charge is -2.03. The molecule has 120 valence electrons. The van der Waals surface area contributed by atoms with Gasteiger partial charge in [-0.2, -0.15) is 0 Å². The fraction of sp³-hybridized carbons (Fsp3) is 0.353. The minimum Gasteiger partial charge on any atom is -0.424 e. The van der Waals surface area contributed by atoms with Crippen LogP contribution in [-0.2, 0) is 12.2 Å². The van der Waals surface area contributed by atoms with Gasteiger partial charge in [0, 0.05) is 18.1 Å². The van der Waals surface area contributed by atoms with Crippen molar-refractivity contribution in [2.75, 3.05) is 0 Å². The molecule has 0 spiro atoms. The van der Waals surface area contributed by atoms with Gasteiger partial charge in [0.25, 0.3) is 0 Å². The van der Waals surface area contributed by atoms with E-state index in [2.05, 4.69) is 53.5 Å². The second-order valence-corrected chi connectivity index (χ2v) is 6.71. The zero-order valence-electron chi connectivity index (χ0n) is 13.4. The summed E-state index contributed by atoms with van der Waals surface area (Å²) in [4.78, 5) is 0. The van der Waals surface area contributed by atoms with Gasteiger partial charge in [0.2, 0.25) is 11.8 Å². The summed E-state index contributed by atoms with van der Waals surface area (Å²) in [6.07, 6.45) is 0.756. The topological polar surface area (TPSA) is 65.0 Å². The number of hydrogen-bond donors (Lipinski definition) is 0. The van der Waals surface area contributed by atoms with Crippen LogP contribution in [-0.4, -0.2) is 15.4 Å². The van der Waals surface area contributed by atoms with E-state index in [9.17, 15) is 0 Å². The Morgan fingerprint density at radius 2 is 1.96 bits per heavy atom. The SMILES string of the molecule is CCc1nnc([C@@H](C)SCc2cc(-c3ccc(C)cc3)no2)o1. The molecule has 0 amide bonds. The first-order valence-electron chi connectivity index (χ1n) is 7.62. The maximum Gasteiger partial charge on any atom is 0.229 e. The van der Waals surface area contributed by atoms with Gasteiger partial charge in [-0.3, -0.25) is 0 Å². The molecule has 0 N–H and O–H groups in total. The number of nitrogens with zero attached hydrogens (tertiary/aromatic N) is 3. The third-order valence-electron chi connectivity index (χ3n) is 3.51. The van der Waals surface area contributed by atoms with Crippen molar-refractivity contribution in [2.45, 2.75) is 38.2 Å². The van der Waals surface area contributed by atoms with Crippen LogP contribution >= 0.6 is 11.8 Å². The molecule has 0 aliphatic carbocycles. The highest BCUT2D eigenvalue weighted by atomic mass is 32.2. The van der Waals surface area contributed by atoms with E-state index >= 15 is 0 Å². The molecule has 0 saturated heterocycles. The molecule has 1 aromatic carbocycles. The highest BCUT2D eigenvalue weighted by Crippen LogP contribution is 2.31. The second-order valence-electron chi connectivity index (χ2n) is 5.39. The Kier molecular flexibility index (Phi) is 4.81. The van der Waals surface area contributed by atoms with Crippen molar-refractivity contribution in [3.63, 3.8) is 0 Å². The van der Waals surface area contributed by atoms with E-state index in [1.807, 2.05) is 13.0 Å². The molecule has 23 heavy (non-hydrogen) atoms. The quantitative estimate of drug-likeness (QED) is 0.659. The molecule has 5 nitrogen and oxygen atoms in total. The Morgan fingerprint density at radius 1 is 1.17 bits per heavy atom. The van der Waals surface area contributed by atoms with Crippen molar-refractivity contribution in [1.82, 2.24) is 15.4 Å². The zero-order chi connectivity index (χ0) is 16.2. The number of thioether (sulfide) groups is 1. The predicted molar refractivity (Wildman–Crippen MR) is 90.1 cm³/mol. The predicted octanol–water partition coefficient (Wildman–Crippen LogP) is 4.59. The van der Waals surface area contributed by atoms with Crippen molar-refractivity contribution in [3.8, 4) is 11.3 Å². The number of benzene rings is 1. The summed E-state index contributed by atoms with van der Waals surface area (Å²) in [5, 5.41) is 12.3. The van der Waals surface area contributed by atoms with E-state index in [1.165, 1.54) is 5.56 Å². The smallest absolute Gasteiger partial charge is 0.229 e. The minimum absolute atomic E-state index is 0.121. The Labute approximate surface area is 139 Å². The fourth-order valence-corrected chi connectivity index (χ4v) is 2.88. The summed E-state index contributed by atoms with van der Waals surface area (Å²) in [7, 11) is 0. The van der Waals surface area contributed by atoms with Crippen molar-refractivity contribution < 1.29 is 8.94 Å². The lowest BCUT2D eigenvalue weighted by molar-refractivity contribution is 0.397. The van der Waals surface area contributed by atoms with Crippen molar-refractivity contribution in [3.05, 3.63) is 53.4 Å². The molecule has 0 aliphatic heterocycles. The third-order valence-corrected chi connectivity index (χ3v) is 4.67. The summed E-state index contributed by atoms with van der Waals surface area (Å²) >= 11 is 1.69. The van der Waals surface area contributed by atoms with Crippen molar-refractivity contribution >= 4 is 11.8 Å². The molecule has 2 aromatic heterocycles. The van der Waals surface area contributed by atoms with Crippen LogP contribution in [0.2, 0.25) is 0 Å². The van der Waals surface area contributed by atoms with Crippen LogP contribution in [0.3, 0.4) is 0 Å². The van der Waals surface area contributed by atoms with Crippen LogP contribution in [0.15, 0.2) is 39.3 Å². The Morgan fingerprint density at radius 3 is 2.65 bits per heavy atom. The molecule has 3 aromatic rings.